The van der Waals surface area contributed by atoms with Crippen molar-refractivity contribution in [3.8, 4) is 0 Å². The Morgan fingerprint density at radius 3 is 2.54 bits per heavy atom. The van der Waals surface area contributed by atoms with Crippen molar-refractivity contribution in [3.05, 3.63) is 52.5 Å². The van der Waals surface area contributed by atoms with E-state index in [-0.39, 0.29) is 23.8 Å². The topological polar surface area (TPSA) is 71.1 Å². The van der Waals surface area contributed by atoms with E-state index >= 15 is 0 Å². The van der Waals surface area contributed by atoms with Gasteiger partial charge in [0.25, 0.3) is 0 Å². The second kappa shape index (κ2) is 7.57. The molecule has 0 radical (unpaired) electrons. The number of nitrogens with zero attached hydrogens (tertiary/aromatic N) is 1. The number of benzene rings is 1. The molecule has 126 valence electrons. The molecule has 2 amide bonds. The van der Waals surface area contributed by atoms with Crippen LogP contribution in [0.1, 0.15) is 42.8 Å². The van der Waals surface area contributed by atoms with E-state index in [1.807, 2.05) is 35.7 Å². The SMILES string of the molecule is CC(NC(=O)C1CCC1)C(=O)NC(c1ccccc1)c1nccs1. The molecule has 2 unspecified atom stereocenters. The molecule has 1 aliphatic carbocycles. The summed E-state index contributed by atoms with van der Waals surface area (Å²) in [5.41, 5.74) is 0.971. The second-order valence-corrected chi connectivity index (χ2v) is 7.01. The number of hydrogen-bond donors (Lipinski definition) is 2. The molecular weight excluding hydrogens is 322 g/mol. The van der Waals surface area contributed by atoms with Crippen LogP contribution in [0, 0.1) is 5.92 Å². The summed E-state index contributed by atoms with van der Waals surface area (Å²) >= 11 is 1.50. The van der Waals surface area contributed by atoms with E-state index in [0.717, 1.165) is 29.8 Å². The highest BCUT2D eigenvalue weighted by Crippen LogP contribution is 2.26. The van der Waals surface area contributed by atoms with Gasteiger partial charge in [-0.1, -0.05) is 36.8 Å². The predicted molar refractivity (Wildman–Crippen MR) is 93.5 cm³/mol. The quantitative estimate of drug-likeness (QED) is 0.847. The molecule has 5 nitrogen and oxygen atoms in total. The van der Waals surface area contributed by atoms with E-state index in [2.05, 4.69) is 15.6 Å². The molecule has 1 heterocycles. The van der Waals surface area contributed by atoms with Gasteiger partial charge in [0, 0.05) is 17.5 Å². The molecule has 1 fully saturated rings. The van der Waals surface area contributed by atoms with Crippen LogP contribution in [0.25, 0.3) is 0 Å². The minimum atomic E-state index is -0.565. The summed E-state index contributed by atoms with van der Waals surface area (Å²) in [4.78, 5) is 28.9. The van der Waals surface area contributed by atoms with Gasteiger partial charge in [0.1, 0.15) is 17.1 Å². The van der Waals surface area contributed by atoms with Crippen LogP contribution in [0.3, 0.4) is 0 Å². The van der Waals surface area contributed by atoms with Crippen molar-refractivity contribution < 1.29 is 9.59 Å². The average molecular weight is 343 g/mol. The minimum Gasteiger partial charge on any atom is -0.344 e. The number of carbonyl (C=O) groups is 2. The van der Waals surface area contributed by atoms with Gasteiger partial charge in [0.15, 0.2) is 0 Å². The number of thiazole rings is 1. The first-order chi connectivity index (χ1) is 11.6. The molecule has 6 heteroatoms. The first-order valence-corrected chi connectivity index (χ1v) is 9.08. The van der Waals surface area contributed by atoms with E-state index < -0.39 is 6.04 Å². The summed E-state index contributed by atoms with van der Waals surface area (Å²) in [7, 11) is 0. The number of nitrogens with one attached hydrogen (secondary N) is 2. The molecule has 2 atom stereocenters. The standard InChI is InChI=1S/C18H21N3O2S/c1-12(20-17(23)14-8-5-9-14)16(22)21-15(18-19-10-11-24-18)13-6-3-2-4-7-13/h2-4,6-7,10-12,14-15H,5,8-9H2,1H3,(H,20,23)(H,21,22). The summed E-state index contributed by atoms with van der Waals surface area (Å²) in [6.45, 7) is 1.72. The fraction of sp³-hybridized carbons (Fsp3) is 0.389. The van der Waals surface area contributed by atoms with Crippen LogP contribution < -0.4 is 10.6 Å². The predicted octanol–water partition coefficient (Wildman–Crippen LogP) is 2.65. The number of aromatic nitrogens is 1. The summed E-state index contributed by atoms with van der Waals surface area (Å²) in [5.74, 6) is -0.148. The molecule has 0 bridgehead atoms. The zero-order valence-corrected chi connectivity index (χ0v) is 14.4. The van der Waals surface area contributed by atoms with Crippen LogP contribution in [0.5, 0.6) is 0 Å². The molecule has 24 heavy (non-hydrogen) atoms. The summed E-state index contributed by atoms with van der Waals surface area (Å²) < 4.78 is 0. The van der Waals surface area contributed by atoms with E-state index in [1.165, 1.54) is 11.3 Å². The van der Waals surface area contributed by atoms with Crippen molar-refractivity contribution in [2.24, 2.45) is 5.92 Å². The molecule has 0 spiro atoms. The summed E-state index contributed by atoms with van der Waals surface area (Å²) in [6, 6.07) is 8.86. The largest absolute Gasteiger partial charge is 0.344 e. The molecule has 2 aromatic rings. The normalized spacial score (nSPS) is 16.7. The van der Waals surface area contributed by atoms with Gasteiger partial charge in [-0.2, -0.15) is 0 Å². The van der Waals surface area contributed by atoms with Gasteiger partial charge in [0.2, 0.25) is 11.8 Å². The van der Waals surface area contributed by atoms with Gasteiger partial charge in [-0.05, 0) is 25.3 Å². The van der Waals surface area contributed by atoms with Crippen molar-refractivity contribution in [1.29, 1.82) is 0 Å². The van der Waals surface area contributed by atoms with Crippen molar-refractivity contribution in [2.75, 3.05) is 0 Å². The molecular formula is C18H21N3O2S. The molecule has 0 saturated heterocycles. The van der Waals surface area contributed by atoms with Crippen LogP contribution in [0.2, 0.25) is 0 Å². The fourth-order valence-electron chi connectivity index (χ4n) is 2.64. The smallest absolute Gasteiger partial charge is 0.243 e. The summed E-state index contributed by atoms with van der Waals surface area (Å²) in [5, 5.41) is 8.54. The number of hydrogen-bond acceptors (Lipinski definition) is 4. The third-order valence-corrected chi connectivity index (χ3v) is 5.19. The van der Waals surface area contributed by atoms with Crippen LogP contribution in [-0.2, 0) is 9.59 Å². The van der Waals surface area contributed by atoms with Crippen LogP contribution >= 0.6 is 11.3 Å². The lowest BCUT2D eigenvalue weighted by atomic mass is 9.84. The van der Waals surface area contributed by atoms with Crippen LogP contribution in [0.15, 0.2) is 41.9 Å². The van der Waals surface area contributed by atoms with Crippen molar-refractivity contribution in [3.63, 3.8) is 0 Å². The second-order valence-electron chi connectivity index (χ2n) is 6.08. The maximum absolute atomic E-state index is 12.5. The minimum absolute atomic E-state index is 0.0191. The molecule has 1 aromatic carbocycles. The van der Waals surface area contributed by atoms with Gasteiger partial charge < -0.3 is 10.6 Å². The number of carbonyl (C=O) groups excluding carboxylic acids is 2. The summed E-state index contributed by atoms with van der Waals surface area (Å²) in [6.07, 6.45) is 4.67. The van der Waals surface area contributed by atoms with E-state index in [0.29, 0.717) is 0 Å². The van der Waals surface area contributed by atoms with Crippen molar-refractivity contribution in [1.82, 2.24) is 15.6 Å². The monoisotopic (exact) mass is 343 g/mol. The Bertz CT molecular complexity index is 684. The Labute approximate surface area is 145 Å². The first kappa shape index (κ1) is 16.6. The molecule has 1 aliphatic rings. The first-order valence-electron chi connectivity index (χ1n) is 8.20. The van der Waals surface area contributed by atoms with E-state index in [4.69, 9.17) is 0 Å². The highest BCUT2D eigenvalue weighted by atomic mass is 32.1. The van der Waals surface area contributed by atoms with Gasteiger partial charge in [-0.15, -0.1) is 11.3 Å². The van der Waals surface area contributed by atoms with Crippen molar-refractivity contribution >= 4 is 23.2 Å². The average Bonchev–Trinajstić information content (AvgIpc) is 3.05. The fourth-order valence-corrected chi connectivity index (χ4v) is 3.36. The van der Waals surface area contributed by atoms with Crippen LogP contribution in [-0.4, -0.2) is 22.8 Å². The third kappa shape index (κ3) is 3.82. The van der Waals surface area contributed by atoms with E-state index in [1.54, 1.807) is 13.1 Å². The lowest BCUT2D eigenvalue weighted by molar-refractivity contribution is -0.132. The Kier molecular flexibility index (Phi) is 5.25. The lowest BCUT2D eigenvalue weighted by Gasteiger charge is -2.26. The highest BCUT2D eigenvalue weighted by molar-refractivity contribution is 7.09. The Hall–Kier alpha value is -2.21. The van der Waals surface area contributed by atoms with Gasteiger partial charge in [-0.3, -0.25) is 9.59 Å². The van der Waals surface area contributed by atoms with E-state index in [9.17, 15) is 9.59 Å². The molecule has 1 aromatic heterocycles. The molecule has 2 N–H and O–H groups in total. The maximum atomic E-state index is 12.5. The highest BCUT2D eigenvalue weighted by Gasteiger charge is 2.28. The lowest BCUT2D eigenvalue weighted by Crippen LogP contribution is -2.48. The zero-order chi connectivity index (χ0) is 16.9. The molecule has 0 aliphatic heterocycles. The maximum Gasteiger partial charge on any atom is 0.243 e. The Morgan fingerprint density at radius 1 is 1.21 bits per heavy atom. The van der Waals surface area contributed by atoms with Crippen LogP contribution in [0.4, 0.5) is 0 Å². The van der Waals surface area contributed by atoms with Crippen molar-refractivity contribution in [2.45, 2.75) is 38.3 Å². The molecule has 1 saturated carbocycles. The Morgan fingerprint density at radius 2 is 1.96 bits per heavy atom. The number of amides is 2. The van der Waals surface area contributed by atoms with Gasteiger partial charge >= 0.3 is 0 Å². The molecule has 3 rings (SSSR count). The Balaban J connectivity index is 1.68. The van der Waals surface area contributed by atoms with Gasteiger partial charge in [-0.25, -0.2) is 4.98 Å². The van der Waals surface area contributed by atoms with Gasteiger partial charge in [0.05, 0.1) is 0 Å². The third-order valence-electron chi connectivity index (χ3n) is 4.35. The zero-order valence-electron chi connectivity index (χ0n) is 13.6. The number of rotatable bonds is 6.